The smallest absolute Gasteiger partial charge is 0.192 e. The van der Waals surface area contributed by atoms with Gasteiger partial charge >= 0.3 is 0 Å². The average molecular weight is 475 g/mol. The van der Waals surface area contributed by atoms with E-state index in [1.165, 1.54) is 60.6 Å². The summed E-state index contributed by atoms with van der Waals surface area (Å²) >= 11 is 0. The molecule has 0 aliphatic heterocycles. The minimum Gasteiger partial charge on any atom is -0.417 e. The Labute approximate surface area is 181 Å². The zero-order valence-corrected chi connectivity index (χ0v) is 23.2. The first-order valence-electron chi connectivity index (χ1n) is 10.4. The van der Waals surface area contributed by atoms with Crippen molar-refractivity contribution >= 4 is 57.9 Å². The molecule has 0 rings (SSSR count). The highest BCUT2D eigenvalue weighted by Gasteiger charge is 2.30. The van der Waals surface area contributed by atoms with Gasteiger partial charge in [0.1, 0.15) is 0 Å². The van der Waals surface area contributed by atoms with Gasteiger partial charge < -0.3 is 8.85 Å². The molecule has 0 unspecified atom stereocenters. The van der Waals surface area contributed by atoms with E-state index in [0.29, 0.717) is 0 Å². The van der Waals surface area contributed by atoms with Crippen molar-refractivity contribution in [1.82, 2.24) is 0 Å². The van der Waals surface area contributed by atoms with Crippen LogP contribution in [0.5, 0.6) is 0 Å². The van der Waals surface area contributed by atoms with Crippen molar-refractivity contribution in [2.45, 2.75) is 90.6 Å². The summed E-state index contributed by atoms with van der Waals surface area (Å²) in [6, 6.07) is 7.72. The highest BCUT2D eigenvalue weighted by molar-refractivity contribution is 9.26. The number of rotatable bonds is 19. The van der Waals surface area contributed by atoms with E-state index in [9.17, 15) is 0 Å². The number of hydrogen-bond acceptors (Lipinski definition) is 6. The molecule has 26 heavy (non-hydrogen) atoms. The molecule has 158 valence electrons. The fraction of sp³-hybridized carbons (Fsp3) is 1.00. The minimum atomic E-state index is -1.40. The van der Waals surface area contributed by atoms with Gasteiger partial charge in [0, 0.05) is 24.7 Å². The van der Waals surface area contributed by atoms with Crippen molar-refractivity contribution in [2.75, 3.05) is 24.7 Å². The van der Waals surface area contributed by atoms with Crippen LogP contribution < -0.4 is 0 Å². The molecule has 0 bridgehead atoms. The van der Waals surface area contributed by atoms with Crippen LogP contribution in [0.15, 0.2) is 0 Å². The molecular weight excluding hydrogens is 433 g/mol. The lowest BCUT2D eigenvalue weighted by atomic mass is 10.6. The Kier molecular flexibility index (Phi) is 18.8. The maximum absolute atomic E-state index is 6.17. The third kappa shape index (κ3) is 11.7. The Morgan fingerprint density at radius 3 is 1.19 bits per heavy atom. The zero-order chi connectivity index (χ0) is 19.7. The van der Waals surface area contributed by atoms with Gasteiger partial charge in [0.15, 0.2) is 16.6 Å². The van der Waals surface area contributed by atoms with Gasteiger partial charge in [-0.1, -0.05) is 49.3 Å². The minimum absolute atomic E-state index is 0.895. The van der Waals surface area contributed by atoms with Crippen LogP contribution in [0.3, 0.4) is 0 Å². The molecule has 0 heterocycles. The summed E-state index contributed by atoms with van der Waals surface area (Å²) in [5.74, 6) is 2.51. The summed E-state index contributed by atoms with van der Waals surface area (Å²) in [4.78, 5) is 0. The third-order valence-corrected chi connectivity index (χ3v) is 21.4. The van der Waals surface area contributed by atoms with Gasteiger partial charge in [-0.05, 0) is 82.6 Å². The second kappa shape index (κ2) is 17.6. The standard InChI is InChI=1S/C18H42O2S4Si2/c1-7-19-25(9-3,10-4)17-13-15-21-23-24-22-16-14-18-26(11-5,12-6)20-8-2/h7-18H2,1-6H3. The van der Waals surface area contributed by atoms with E-state index >= 15 is 0 Å². The van der Waals surface area contributed by atoms with Crippen LogP contribution in [0.4, 0.5) is 0 Å². The topological polar surface area (TPSA) is 18.5 Å². The Bertz CT molecular complexity index is 288. The lowest BCUT2D eigenvalue weighted by Crippen LogP contribution is -2.36. The predicted octanol–water partition coefficient (Wildman–Crippen LogP) is 8.49. The Morgan fingerprint density at radius 2 is 0.923 bits per heavy atom. The molecule has 0 aliphatic rings. The molecule has 0 aliphatic carbocycles. The fourth-order valence-corrected chi connectivity index (χ4v) is 16.4. The van der Waals surface area contributed by atoms with Gasteiger partial charge in [0.2, 0.25) is 0 Å². The second-order valence-electron chi connectivity index (χ2n) is 6.63. The van der Waals surface area contributed by atoms with Crippen LogP contribution in [0.2, 0.25) is 36.3 Å². The number of hydrogen-bond donors (Lipinski definition) is 0. The first-order valence-corrected chi connectivity index (χ1v) is 20.6. The maximum atomic E-state index is 6.17. The molecule has 0 amide bonds. The molecule has 0 fully saturated rings. The SMILES string of the molecule is CCO[Si](CC)(CC)CCCSSSSCCC[Si](CC)(CC)OCC. The van der Waals surface area contributed by atoms with Crippen LogP contribution in [-0.2, 0) is 8.85 Å². The maximum Gasteiger partial charge on any atom is 0.192 e. The summed E-state index contributed by atoms with van der Waals surface area (Å²) in [5.41, 5.74) is 0. The summed E-state index contributed by atoms with van der Waals surface area (Å²) in [5, 5.41) is 0. The van der Waals surface area contributed by atoms with Gasteiger partial charge in [0.05, 0.1) is 0 Å². The highest BCUT2D eigenvalue weighted by Crippen LogP contribution is 2.44. The van der Waals surface area contributed by atoms with Crippen LogP contribution in [0.25, 0.3) is 0 Å². The van der Waals surface area contributed by atoms with Crippen molar-refractivity contribution in [2.24, 2.45) is 0 Å². The predicted molar refractivity (Wildman–Crippen MR) is 136 cm³/mol. The van der Waals surface area contributed by atoms with E-state index in [0.717, 1.165) is 13.2 Å². The molecule has 0 saturated heterocycles. The molecule has 8 heteroatoms. The summed E-state index contributed by atoms with van der Waals surface area (Å²) in [7, 11) is 5.16. The van der Waals surface area contributed by atoms with Crippen molar-refractivity contribution in [3.63, 3.8) is 0 Å². The highest BCUT2D eigenvalue weighted by atomic mass is 33.7. The molecular formula is C18H42O2S4Si2. The van der Waals surface area contributed by atoms with E-state index in [1.54, 1.807) is 0 Å². The van der Waals surface area contributed by atoms with Crippen LogP contribution in [0.1, 0.15) is 54.4 Å². The van der Waals surface area contributed by atoms with Crippen molar-refractivity contribution < 1.29 is 8.85 Å². The lowest BCUT2D eigenvalue weighted by molar-refractivity contribution is 0.319. The Balaban J connectivity index is 3.70. The van der Waals surface area contributed by atoms with Crippen LogP contribution in [0, 0.1) is 0 Å². The van der Waals surface area contributed by atoms with Gasteiger partial charge in [-0.25, -0.2) is 0 Å². The largest absolute Gasteiger partial charge is 0.417 e. The van der Waals surface area contributed by atoms with Gasteiger partial charge in [-0.3, -0.25) is 0 Å². The van der Waals surface area contributed by atoms with Crippen molar-refractivity contribution in [3.05, 3.63) is 0 Å². The molecule has 0 spiro atoms. The van der Waals surface area contributed by atoms with E-state index in [2.05, 4.69) is 41.5 Å². The average Bonchev–Trinajstić information content (AvgIpc) is 2.67. The Morgan fingerprint density at radius 1 is 0.577 bits per heavy atom. The molecule has 2 nitrogen and oxygen atoms in total. The molecule has 0 N–H and O–H groups in total. The van der Waals surface area contributed by atoms with Gasteiger partial charge in [-0.15, -0.1) is 0 Å². The second-order valence-corrected chi connectivity index (χ2v) is 22.0. The molecule has 0 atom stereocenters. The van der Waals surface area contributed by atoms with Crippen molar-refractivity contribution in [1.29, 1.82) is 0 Å². The quantitative estimate of drug-likeness (QED) is 0.105. The van der Waals surface area contributed by atoms with E-state index < -0.39 is 16.6 Å². The summed E-state index contributed by atoms with van der Waals surface area (Å²) < 4.78 is 12.3. The van der Waals surface area contributed by atoms with Crippen LogP contribution in [-0.4, -0.2) is 41.4 Å². The van der Waals surface area contributed by atoms with E-state index in [4.69, 9.17) is 8.85 Å². The van der Waals surface area contributed by atoms with E-state index in [-0.39, 0.29) is 0 Å². The monoisotopic (exact) mass is 474 g/mol. The molecule has 0 aromatic rings. The molecule has 0 aromatic heterocycles. The normalized spacial score (nSPS) is 12.7. The first-order chi connectivity index (χ1) is 12.6. The molecule has 0 aromatic carbocycles. The van der Waals surface area contributed by atoms with Gasteiger partial charge in [0.25, 0.3) is 0 Å². The lowest BCUT2D eigenvalue weighted by Gasteiger charge is -2.28. The van der Waals surface area contributed by atoms with Gasteiger partial charge in [-0.2, -0.15) is 0 Å². The third-order valence-electron chi connectivity index (χ3n) is 5.32. The fourth-order valence-electron chi connectivity index (χ4n) is 3.39. The van der Waals surface area contributed by atoms with Crippen LogP contribution >= 0.6 is 41.2 Å². The molecule has 0 radical (unpaired) electrons. The summed E-state index contributed by atoms with van der Waals surface area (Å²) in [6.07, 6.45) is 2.62. The zero-order valence-electron chi connectivity index (χ0n) is 17.9. The molecule has 0 saturated carbocycles. The summed E-state index contributed by atoms with van der Waals surface area (Å²) in [6.45, 7) is 15.4. The van der Waals surface area contributed by atoms with Crippen molar-refractivity contribution in [3.8, 4) is 0 Å². The van der Waals surface area contributed by atoms with E-state index in [1.807, 2.05) is 41.2 Å². The first kappa shape index (κ1) is 27.8. The Hall–Kier alpha value is 1.75.